The van der Waals surface area contributed by atoms with E-state index in [0.717, 1.165) is 61.5 Å². The van der Waals surface area contributed by atoms with E-state index in [1.807, 2.05) is 20.8 Å². The Morgan fingerprint density at radius 3 is 1.95 bits per heavy atom. The molecule has 0 aromatic carbocycles. The summed E-state index contributed by atoms with van der Waals surface area (Å²) >= 11 is 0. The Bertz CT molecular complexity index is 1790. The van der Waals surface area contributed by atoms with Crippen LogP contribution in [0, 0.1) is 20.8 Å². The molecule has 3 aromatic heterocycles. The van der Waals surface area contributed by atoms with Gasteiger partial charge in [0.1, 0.15) is 0 Å². The van der Waals surface area contributed by atoms with Crippen LogP contribution < -0.4 is 0 Å². The van der Waals surface area contributed by atoms with Crippen LogP contribution >= 0.6 is 0 Å². The van der Waals surface area contributed by atoms with E-state index in [0.29, 0.717) is 12.8 Å². The van der Waals surface area contributed by atoms with Gasteiger partial charge in [0, 0.05) is 74.9 Å². The molecule has 0 saturated carbocycles. The predicted octanol–water partition coefficient (Wildman–Crippen LogP) is 7.46. The van der Waals surface area contributed by atoms with Crippen molar-refractivity contribution >= 4 is 33.8 Å². The average molecular weight is 553 g/mol. The third-order valence-electron chi connectivity index (χ3n) is 10.2. The van der Waals surface area contributed by atoms with E-state index >= 15 is 0 Å². The third-order valence-corrected chi connectivity index (χ3v) is 10.2. The fourth-order valence-corrected chi connectivity index (χ4v) is 7.01. The topological polar surface area (TPSA) is 101 Å². The lowest BCUT2D eigenvalue weighted by Crippen LogP contribution is -2.26. The first-order chi connectivity index (χ1) is 19.3. The van der Waals surface area contributed by atoms with Gasteiger partial charge < -0.3 is 14.7 Å². The molecule has 8 bridgehead atoms. The second kappa shape index (κ2) is 9.40. The summed E-state index contributed by atoms with van der Waals surface area (Å²) in [7, 11) is 1.43. The van der Waals surface area contributed by atoms with Crippen molar-refractivity contribution in [1.29, 1.82) is 0 Å². The van der Waals surface area contributed by atoms with Gasteiger partial charge in [-0.15, -0.1) is 0 Å². The van der Waals surface area contributed by atoms with Gasteiger partial charge in [-0.05, 0) is 75.9 Å². The van der Waals surface area contributed by atoms with Gasteiger partial charge >= 0.3 is 5.97 Å². The first-order valence-corrected chi connectivity index (χ1v) is 14.7. The Balaban J connectivity index is 1.76. The van der Waals surface area contributed by atoms with E-state index in [1.165, 1.54) is 18.2 Å². The molecule has 3 aromatic rings. The van der Waals surface area contributed by atoms with Gasteiger partial charge in [-0.1, -0.05) is 20.8 Å². The minimum atomic E-state index is -0.748. The highest BCUT2D eigenvalue weighted by molar-refractivity contribution is 6.17. The number of nitrogens with zero attached hydrogens (tertiary/aromatic N) is 2. The summed E-state index contributed by atoms with van der Waals surface area (Å²) in [5.41, 5.74) is 12.1. The van der Waals surface area contributed by atoms with Crippen molar-refractivity contribution in [2.75, 3.05) is 7.11 Å². The van der Waals surface area contributed by atoms with E-state index in [2.05, 4.69) is 62.8 Å². The molecular weight excluding hydrogens is 512 g/mol. The molecule has 6 rings (SSSR count). The van der Waals surface area contributed by atoms with Crippen molar-refractivity contribution in [3.8, 4) is 0 Å². The monoisotopic (exact) mass is 552 g/mol. The highest BCUT2D eigenvalue weighted by Gasteiger charge is 2.46. The van der Waals surface area contributed by atoms with Crippen LogP contribution in [-0.2, 0) is 14.9 Å². The molecule has 3 aliphatic rings. The quantitative estimate of drug-likeness (QED) is 0.329. The van der Waals surface area contributed by atoms with Crippen molar-refractivity contribution in [3.05, 3.63) is 68.8 Å². The number of Topliss-reactive ketones (excluding diaryl/α,β-unsaturated/α-hetero) is 1. The zero-order valence-corrected chi connectivity index (χ0v) is 25.6. The van der Waals surface area contributed by atoms with Gasteiger partial charge in [-0.25, -0.2) is 0 Å². The SMILES string of the molecule is COC(=O)CCC1c2nc(cc3[nH]c(cc4nc(cc5[nH]c6c(c5C)C(=O)C(C)(C)c26)C(C)C4C)c(C)c3C)C1C. The first kappa shape index (κ1) is 27.4. The number of ketones is 1. The molecule has 0 saturated heterocycles. The van der Waals surface area contributed by atoms with Gasteiger partial charge in [-0.3, -0.25) is 19.6 Å². The molecule has 4 atom stereocenters. The van der Waals surface area contributed by atoms with E-state index in [-0.39, 0.29) is 35.4 Å². The number of nitrogens with one attached hydrogen (secondary N) is 2. The van der Waals surface area contributed by atoms with Gasteiger partial charge in [0.05, 0.1) is 23.7 Å². The maximum absolute atomic E-state index is 14.0. The zero-order chi connectivity index (χ0) is 29.5. The number of aryl methyl sites for hydroxylation is 3. The maximum Gasteiger partial charge on any atom is 0.305 e. The van der Waals surface area contributed by atoms with Gasteiger partial charge in [0.25, 0.3) is 0 Å². The van der Waals surface area contributed by atoms with Crippen LogP contribution in [0.5, 0.6) is 0 Å². The minimum Gasteiger partial charge on any atom is -0.469 e. The average Bonchev–Trinajstić information content (AvgIpc) is 3.62. The largest absolute Gasteiger partial charge is 0.469 e. The Hall–Kier alpha value is -3.74. The van der Waals surface area contributed by atoms with Crippen molar-refractivity contribution in [3.63, 3.8) is 0 Å². The van der Waals surface area contributed by atoms with Crippen LogP contribution in [0.4, 0.5) is 0 Å². The fourth-order valence-electron chi connectivity index (χ4n) is 7.01. The van der Waals surface area contributed by atoms with Crippen molar-refractivity contribution in [2.24, 2.45) is 0 Å². The maximum atomic E-state index is 14.0. The Labute approximate surface area is 241 Å². The van der Waals surface area contributed by atoms with Crippen LogP contribution in [-0.4, -0.2) is 38.8 Å². The number of carbonyl (C=O) groups excluding carboxylic acids is 2. The summed E-state index contributed by atoms with van der Waals surface area (Å²) in [5, 5.41) is 0. The molecule has 7 heteroatoms. The summed E-state index contributed by atoms with van der Waals surface area (Å²) < 4.78 is 4.99. The Morgan fingerprint density at radius 1 is 0.854 bits per heavy atom. The Kier molecular flexibility index (Phi) is 6.29. The molecule has 4 unspecified atom stereocenters. The van der Waals surface area contributed by atoms with E-state index in [4.69, 9.17) is 14.7 Å². The zero-order valence-electron chi connectivity index (χ0n) is 25.6. The van der Waals surface area contributed by atoms with Crippen molar-refractivity contribution in [1.82, 2.24) is 19.9 Å². The lowest BCUT2D eigenvalue weighted by Gasteiger charge is -2.23. The van der Waals surface area contributed by atoms with E-state index in [9.17, 15) is 9.59 Å². The molecular formula is C34H40N4O3. The molecule has 5 heterocycles. The second-order valence-corrected chi connectivity index (χ2v) is 12.8. The third kappa shape index (κ3) is 3.99. The summed E-state index contributed by atoms with van der Waals surface area (Å²) in [4.78, 5) is 43.9. The molecule has 0 fully saturated rings. The number of ether oxygens (including phenoxy) is 1. The number of H-pyrrole nitrogens is 2. The van der Waals surface area contributed by atoms with Crippen LogP contribution in [0.1, 0.15) is 127 Å². The van der Waals surface area contributed by atoms with Gasteiger partial charge in [0.15, 0.2) is 5.78 Å². The lowest BCUT2D eigenvalue weighted by atomic mass is 9.78. The summed E-state index contributed by atoms with van der Waals surface area (Å²) in [6.07, 6.45) is 0.890. The molecule has 0 amide bonds. The second-order valence-electron chi connectivity index (χ2n) is 12.8. The number of carbonyl (C=O) groups is 2. The normalized spacial score (nSPS) is 22.8. The predicted molar refractivity (Wildman–Crippen MR) is 162 cm³/mol. The van der Waals surface area contributed by atoms with Crippen molar-refractivity contribution < 1.29 is 14.3 Å². The number of hydrogen-bond acceptors (Lipinski definition) is 5. The summed E-state index contributed by atoms with van der Waals surface area (Å²) in [5.74, 6) is 0.407. The smallest absolute Gasteiger partial charge is 0.305 e. The number of hydrogen-bond donors (Lipinski definition) is 2. The molecule has 1 aliphatic carbocycles. The molecule has 41 heavy (non-hydrogen) atoms. The minimum absolute atomic E-state index is 0.0284. The van der Waals surface area contributed by atoms with Gasteiger partial charge in [0.2, 0.25) is 0 Å². The number of esters is 1. The number of aromatic nitrogens is 4. The number of aromatic amines is 2. The van der Waals surface area contributed by atoms with Crippen LogP contribution in [0.25, 0.3) is 22.1 Å². The van der Waals surface area contributed by atoms with Crippen LogP contribution in [0.2, 0.25) is 0 Å². The highest BCUT2D eigenvalue weighted by atomic mass is 16.5. The van der Waals surface area contributed by atoms with Gasteiger partial charge in [-0.2, -0.15) is 0 Å². The molecule has 2 N–H and O–H groups in total. The molecule has 7 nitrogen and oxygen atoms in total. The standard InChI is InChI=1S/C34H40N4O3/c1-15-17(3)24-13-26-19(5)21(10-11-28(39)41-9)31(37-26)30-32-29(33(40)34(30,7)8)20(6)27(38-32)14-25-18(4)16(2)23(36-25)12-22(15)35-24/h12-14,16,18-19,21,35,38H,10-11H2,1-9H3. The van der Waals surface area contributed by atoms with Crippen LogP contribution in [0.15, 0.2) is 18.2 Å². The van der Waals surface area contributed by atoms with Crippen LogP contribution in [0.3, 0.4) is 0 Å². The molecule has 214 valence electrons. The highest BCUT2D eigenvalue weighted by Crippen LogP contribution is 2.49. The van der Waals surface area contributed by atoms with E-state index in [1.54, 1.807) is 0 Å². The number of fused-ring (bicyclic) bond motifs is 8. The molecule has 0 radical (unpaired) electrons. The number of methoxy groups -OCH3 is 1. The first-order valence-electron chi connectivity index (χ1n) is 14.7. The summed E-state index contributed by atoms with van der Waals surface area (Å²) in [6, 6.07) is 6.46. The summed E-state index contributed by atoms with van der Waals surface area (Å²) in [6.45, 7) is 16.9. The molecule has 2 aliphatic heterocycles. The number of rotatable bonds is 3. The Morgan fingerprint density at radius 2 is 1.39 bits per heavy atom. The lowest BCUT2D eigenvalue weighted by molar-refractivity contribution is -0.140. The molecule has 0 spiro atoms. The fraction of sp³-hybridized carbons (Fsp3) is 0.471. The van der Waals surface area contributed by atoms with Crippen molar-refractivity contribution in [2.45, 2.75) is 97.3 Å². The van der Waals surface area contributed by atoms with E-state index < -0.39 is 5.41 Å².